The Morgan fingerprint density at radius 1 is 1.42 bits per heavy atom. The Labute approximate surface area is 110 Å². The number of hydrogen-bond donors (Lipinski definition) is 1. The highest BCUT2D eigenvalue weighted by Crippen LogP contribution is 2.22. The second-order valence-corrected chi connectivity index (χ2v) is 4.76. The van der Waals surface area contributed by atoms with E-state index in [0.29, 0.717) is 19.5 Å². The molecule has 2 heterocycles. The summed E-state index contributed by atoms with van der Waals surface area (Å²) in [5, 5.41) is 0. The maximum absolute atomic E-state index is 13.5. The molecular weight excluding hydrogens is 249 g/mol. The predicted molar refractivity (Wildman–Crippen MR) is 66.6 cm³/mol. The number of amides is 2. The highest BCUT2D eigenvalue weighted by Gasteiger charge is 2.25. The van der Waals surface area contributed by atoms with Crippen molar-refractivity contribution < 1.29 is 14.0 Å². The van der Waals surface area contributed by atoms with Crippen molar-refractivity contribution in [3.63, 3.8) is 0 Å². The summed E-state index contributed by atoms with van der Waals surface area (Å²) in [7, 11) is 0. The van der Waals surface area contributed by atoms with Crippen LogP contribution in [0.25, 0.3) is 0 Å². The summed E-state index contributed by atoms with van der Waals surface area (Å²) in [6.07, 6.45) is 4.23. The largest absolute Gasteiger partial charge is 0.370 e. The highest BCUT2D eigenvalue weighted by molar-refractivity contribution is 5.94. The third kappa shape index (κ3) is 3.27. The standard InChI is InChI=1S/C13H16FN3O2/c14-11-8-16-4-1-10(11)13(19)17-5-2-9(3-6-17)7-12(15)18/h1,4,8-9H,2-3,5-7H2,(H2,15,18). The maximum Gasteiger partial charge on any atom is 0.256 e. The predicted octanol–water partition coefficient (Wildman–Crippen LogP) is 0.948. The van der Waals surface area contributed by atoms with Gasteiger partial charge >= 0.3 is 0 Å². The number of piperidine rings is 1. The summed E-state index contributed by atoms with van der Waals surface area (Å²) in [4.78, 5) is 28.2. The van der Waals surface area contributed by atoms with E-state index in [1.807, 2.05) is 0 Å². The molecule has 0 aromatic carbocycles. The highest BCUT2D eigenvalue weighted by atomic mass is 19.1. The molecule has 1 aromatic rings. The van der Waals surface area contributed by atoms with Crippen molar-refractivity contribution in [2.75, 3.05) is 13.1 Å². The molecule has 102 valence electrons. The van der Waals surface area contributed by atoms with Gasteiger partial charge in [0.15, 0.2) is 5.82 Å². The molecule has 0 bridgehead atoms. The first-order valence-corrected chi connectivity index (χ1v) is 6.25. The van der Waals surface area contributed by atoms with Crippen molar-refractivity contribution in [1.82, 2.24) is 9.88 Å². The number of nitrogens with two attached hydrogens (primary N) is 1. The number of nitrogens with zero attached hydrogens (tertiary/aromatic N) is 2. The fraction of sp³-hybridized carbons (Fsp3) is 0.462. The van der Waals surface area contributed by atoms with Crippen LogP contribution in [-0.2, 0) is 4.79 Å². The number of carbonyl (C=O) groups is 2. The van der Waals surface area contributed by atoms with Gasteiger partial charge in [0, 0.05) is 25.7 Å². The van der Waals surface area contributed by atoms with E-state index in [-0.39, 0.29) is 23.3 Å². The molecule has 1 aromatic heterocycles. The summed E-state index contributed by atoms with van der Waals surface area (Å²) in [5.74, 6) is -1.02. The molecule has 0 saturated carbocycles. The Hall–Kier alpha value is -1.98. The van der Waals surface area contributed by atoms with Gasteiger partial charge in [-0.3, -0.25) is 14.6 Å². The number of halogens is 1. The molecule has 0 atom stereocenters. The molecule has 5 nitrogen and oxygen atoms in total. The first-order valence-electron chi connectivity index (χ1n) is 6.25. The average molecular weight is 265 g/mol. The lowest BCUT2D eigenvalue weighted by molar-refractivity contribution is -0.119. The van der Waals surface area contributed by atoms with E-state index in [1.54, 1.807) is 4.90 Å². The van der Waals surface area contributed by atoms with Crippen molar-refractivity contribution in [3.05, 3.63) is 29.8 Å². The first-order chi connectivity index (χ1) is 9.08. The normalized spacial score (nSPS) is 16.4. The van der Waals surface area contributed by atoms with Gasteiger partial charge in [-0.05, 0) is 24.8 Å². The summed E-state index contributed by atoms with van der Waals surface area (Å²) < 4.78 is 13.5. The number of hydrogen-bond acceptors (Lipinski definition) is 3. The van der Waals surface area contributed by atoms with Gasteiger partial charge < -0.3 is 10.6 Å². The van der Waals surface area contributed by atoms with Gasteiger partial charge in [-0.15, -0.1) is 0 Å². The topological polar surface area (TPSA) is 76.3 Å². The molecule has 2 N–H and O–H groups in total. The fourth-order valence-electron chi connectivity index (χ4n) is 2.34. The number of rotatable bonds is 3. The van der Waals surface area contributed by atoms with E-state index in [4.69, 9.17) is 5.73 Å². The number of primary amides is 1. The van der Waals surface area contributed by atoms with Gasteiger partial charge in [0.1, 0.15) is 0 Å². The van der Waals surface area contributed by atoms with Crippen LogP contribution in [0.2, 0.25) is 0 Å². The summed E-state index contributed by atoms with van der Waals surface area (Å²) in [5.41, 5.74) is 5.20. The second-order valence-electron chi connectivity index (χ2n) is 4.76. The first kappa shape index (κ1) is 13.5. The van der Waals surface area contributed by atoms with E-state index >= 15 is 0 Å². The van der Waals surface area contributed by atoms with Crippen LogP contribution in [0.5, 0.6) is 0 Å². The van der Waals surface area contributed by atoms with Crippen LogP contribution >= 0.6 is 0 Å². The van der Waals surface area contributed by atoms with Gasteiger partial charge in [-0.25, -0.2) is 4.39 Å². The van der Waals surface area contributed by atoms with Gasteiger partial charge in [0.05, 0.1) is 11.8 Å². The van der Waals surface area contributed by atoms with Crippen molar-refractivity contribution in [2.24, 2.45) is 11.7 Å². The zero-order valence-electron chi connectivity index (χ0n) is 10.5. The molecule has 0 aliphatic carbocycles. The molecule has 0 spiro atoms. The smallest absolute Gasteiger partial charge is 0.256 e. The van der Waals surface area contributed by atoms with Crippen molar-refractivity contribution >= 4 is 11.8 Å². The Morgan fingerprint density at radius 3 is 2.68 bits per heavy atom. The number of likely N-dealkylation sites (tertiary alicyclic amines) is 1. The minimum absolute atomic E-state index is 0.0448. The Kier molecular flexibility index (Phi) is 4.09. The zero-order chi connectivity index (χ0) is 13.8. The molecule has 0 unspecified atom stereocenters. The Bertz CT molecular complexity index is 485. The van der Waals surface area contributed by atoms with Gasteiger partial charge in [0.25, 0.3) is 5.91 Å². The van der Waals surface area contributed by atoms with Crippen LogP contribution < -0.4 is 5.73 Å². The Balaban J connectivity index is 1.96. The summed E-state index contributed by atoms with van der Waals surface area (Å²) in [6, 6.07) is 1.38. The SMILES string of the molecule is NC(=O)CC1CCN(C(=O)c2ccncc2F)CC1. The van der Waals surface area contributed by atoms with Gasteiger partial charge in [-0.1, -0.05) is 0 Å². The quantitative estimate of drug-likeness (QED) is 0.884. The molecule has 2 amide bonds. The lowest BCUT2D eigenvalue weighted by Gasteiger charge is -2.31. The molecule has 1 aliphatic rings. The molecule has 1 saturated heterocycles. The lowest BCUT2D eigenvalue weighted by Crippen LogP contribution is -2.39. The van der Waals surface area contributed by atoms with Crippen LogP contribution in [0.1, 0.15) is 29.6 Å². The zero-order valence-corrected chi connectivity index (χ0v) is 10.5. The second kappa shape index (κ2) is 5.77. The minimum Gasteiger partial charge on any atom is -0.370 e. The summed E-state index contributed by atoms with van der Waals surface area (Å²) >= 11 is 0. The van der Waals surface area contributed by atoms with E-state index < -0.39 is 5.82 Å². The lowest BCUT2D eigenvalue weighted by atomic mass is 9.93. The maximum atomic E-state index is 13.5. The molecule has 2 rings (SSSR count). The molecular formula is C13H16FN3O2. The molecule has 0 radical (unpaired) electrons. The van der Waals surface area contributed by atoms with Crippen LogP contribution in [0.3, 0.4) is 0 Å². The third-order valence-electron chi connectivity index (χ3n) is 3.39. The van der Waals surface area contributed by atoms with E-state index in [9.17, 15) is 14.0 Å². The van der Waals surface area contributed by atoms with Gasteiger partial charge in [-0.2, -0.15) is 0 Å². The summed E-state index contributed by atoms with van der Waals surface area (Å²) in [6.45, 7) is 1.05. The molecule has 1 aliphatic heterocycles. The number of aromatic nitrogens is 1. The van der Waals surface area contributed by atoms with E-state index in [2.05, 4.69) is 4.98 Å². The van der Waals surface area contributed by atoms with Crippen molar-refractivity contribution in [2.45, 2.75) is 19.3 Å². The van der Waals surface area contributed by atoms with E-state index in [0.717, 1.165) is 19.0 Å². The fourth-order valence-corrected chi connectivity index (χ4v) is 2.34. The van der Waals surface area contributed by atoms with Crippen LogP contribution in [0.4, 0.5) is 4.39 Å². The van der Waals surface area contributed by atoms with Crippen LogP contribution in [0, 0.1) is 11.7 Å². The van der Waals surface area contributed by atoms with Crippen LogP contribution in [-0.4, -0.2) is 34.8 Å². The number of pyridine rings is 1. The Morgan fingerprint density at radius 2 is 2.11 bits per heavy atom. The van der Waals surface area contributed by atoms with Crippen molar-refractivity contribution in [3.8, 4) is 0 Å². The van der Waals surface area contributed by atoms with E-state index in [1.165, 1.54) is 12.3 Å². The molecule has 19 heavy (non-hydrogen) atoms. The van der Waals surface area contributed by atoms with Crippen molar-refractivity contribution in [1.29, 1.82) is 0 Å². The average Bonchev–Trinajstić information content (AvgIpc) is 2.39. The molecule has 6 heteroatoms. The molecule has 1 fully saturated rings. The number of carbonyl (C=O) groups excluding carboxylic acids is 2. The van der Waals surface area contributed by atoms with Crippen LogP contribution in [0.15, 0.2) is 18.5 Å². The monoisotopic (exact) mass is 265 g/mol. The van der Waals surface area contributed by atoms with Gasteiger partial charge in [0.2, 0.25) is 5.91 Å². The third-order valence-corrected chi connectivity index (χ3v) is 3.39. The minimum atomic E-state index is -0.605.